The molecule has 7 heteroatoms. The van der Waals surface area contributed by atoms with Crippen molar-refractivity contribution in [1.29, 1.82) is 0 Å². The van der Waals surface area contributed by atoms with Gasteiger partial charge >= 0.3 is 0 Å². The van der Waals surface area contributed by atoms with Gasteiger partial charge in [0.15, 0.2) is 9.84 Å². The van der Waals surface area contributed by atoms with Gasteiger partial charge in [-0.3, -0.25) is 0 Å². The lowest BCUT2D eigenvalue weighted by molar-refractivity contribution is 0.107. The Hall–Kier alpha value is -1.50. The van der Waals surface area contributed by atoms with Crippen LogP contribution in [0.2, 0.25) is 5.02 Å². The lowest BCUT2D eigenvalue weighted by Crippen LogP contribution is -2.43. The highest BCUT2D eigenvalue weighted by molar-refractivity contribution is 7.92. The zero-order valence-electron chi connectivity index (χ0n) is 13.3. The lowest BCUT2D eigenvalue weighted by Gasteiger charge is -2.39. The van der Waals surface area contributed by atoms with Gasteiger partial charge in [0.05, 0.1) is 11.0 Å². The van der Waals surface area contributed by atoms with Crippen molar-refractivity contribution in [1.82, 2.24) is 0 Å². The number of aliphatic hydroxyl groups excluding tert-OH is 1. The summed E-state index contributed by atoms with van der Waals surface area (Å²) in [5.41, 5.74) is -0.235. The average molecular weight is 387 g/mol. The fraction of sp³-hybridized carbons (Fsp3) is 0.333. The molecule has 1 aliphatic carbocycles. The maximum absolute atomic E-state index is 14.5. The van der Waals surface area contributed by atoms with E-state index in [0.717, 1.165) is 18.2 Å². The second kappa shape index (κ2) is 6.67. The van der Waals surface area contributed by atoms with Crippen LogP contribution in [0.5, 0.6) is 0 Å². The van der Waals surface area contributed by atoms with E-state index >= 15 is 0 Å². The molecule has 1 fully saturated rings. The first-order chi connectivity index (χ1) is 11.8. The predicted octanol–water partition coefficient (Wildman–Crippen LogP) is 4.22. The first kappa shape index (κ1) is 18.3. The predicted molar refractivity (Wildman–Crippen MR) is 91.1 cm³/mol. The zero-order chi connectivity index (χ0) is 18.2. The van der Waals surface area contributed by atoms with Gasteiger partial charge < -0.3 is 5.11 Å². The van der Waals surface area contributed by atoms with Gasteiger partial charge in [-0.2, -0.15) is 0 Å². The molecule has 0 bridgehead atoms. The van der Waals surface area contributed by atoms with Crippen molar-refractivity contribution >= 4 is 21.4 Å². The highest BCUT2D eigenvalue weighted by Gasteiger charge is 2.50. The van der Waals surface area contributed by atoms with Crippen LogP contribution in [0.15, 0.2) is 47.4 Å². The topological polar surface area (TPSA) is 54.4 Å². The second-order valence-electron chi connectivity index (χ2n) is 6.33. The van der Waals surface area contributed by atoms with Crippen molar-refractivity contribution in [2.45, 2.75) is 41.4 Å². The highest BCUT2D eigenvalue weighted by Crippen LogP contribution is 2.48. The molecule has 0 heterocycles. The second-order valence-corrected chi connectivity index (χ2v) is 9.02. The van der Waals surface area contributed by atoms with Gasteiger partial charge in [-0.1, -0.05) is 11.6 Å². The standard InChI is InChI=1S/C18H17ClF2O3S/c19-12-3-6-15(7-4-12)25(23,24)18(9-1-2-14(22)11-18)16-10-13(20)5-8-17(16)21/h3-8,10,14,22H,1-2,9,11H2/t14-,18+/m1/s1. The first-order valence-corrected chi connectivity index (χ1v) is 9.76. The Labute approximate surface area is 150 Å². The monoisotopic (exact) mass is 386 g/mol. The van der Waals surface area contributed by atoms with Gasteiger partial charge in [-0.05, 0) is 68.1 Å². The molecule has 1 N–H and O–H groups in total. The zero-order valence-corrected chi connectivity index (χ0v) is 14.8. The number of hydrogen-bond donors (Lipinski definition) is 1. The quantitative estimate of drug-likeness (QED) is 0.859. The van der Waals surface area contributed by atoms with E-state index in [1.165, 1.54) is 24.3 Å². The molecule has 2 aromatic rings. The number of benzene rings is 2. The van der Waals surface area contributed by atoms with E-state index in [0.29, 0.717) is 17.9 Å². The van der Waals surface area contributed by atoms with Crippen LogP contribution in [0, 0.1) is 11.6 Å². The van der Waals surface area contributed by atoms with Crippen molar-refractivity contribution in [2.75, 3.05) is 0 Å². The minimum Gasteiger partial charge on any atom is -0.393 e. The van der Waals surface area contributed by atoms with Crippen LogP contribution >= 0.6 is 11.6 Å². The molecule has 0 aliphatic heterocycles. The fourth-order valence-corrected chi connectivity index (χ4v) is 5.87. The van der Waals surface area contributed by atoms with E-state index in [9.17, 15) is 22.3 Å². The van der Waals surface area contributed by atoms with Gasteiger partial charge in [-0.25, -0.2) is 17.2 Å². The molecule has 1 saturated carbocycles. The van der Waals surface area contributed by atoms with Crippen LogP contribution in [0.4, 0.5) is 8.78 Å². The third kappa shape index (κ3) is 3.18. The third-order valence-corrected chi connectivity index (χ3v) is 7.51. The van der Waals surface area contributed by atoms with Crippen LogP contribution in [-0.2, 0) is 14.6 Å². The number of rotatable bonds is 3. The average Bonchev–Trinajstić information content (AvgIpc) is 2.57. The first-order valence-electron chi connectivity index (χ1n) is 7.90. The van der Waals surface area contributed by atoms with E-state index in [-0.39, 0.29) is 23.3 Å². The van der Waals surface area contributed by atoms with Crippen molar-refractivity contribution < 1.29 is 22.3 Å². The van der Waals surface area contributed by atoms with E-state index in [2.05, 4.69) is 0 Å². The van der Waals surface area contributed by atoms with Gasteiger partial charge in [0.1, 0.15) is 16.4 Å². The van der Waals surface area contributed by atoms with E-state index in [1.54, 1.807) is 0 Å². The number of hydrogen-bond acceptors (Lipinski definition) is 3. The van der Waals surface area contributed by atoms with Crippen LogP contribution < -0.4 is 0 Å². The van der Waals surface area contributed by atoms with Gasteiger partial charge in [0.25, 0.3) is 0 Å². The minimum atomic E-state index is -4.09. The Morgan fingerprint density at radius 2 is 1.80 bits per heavy atom. The summed E-state index contributed by atoms with van der Waals surface area (Å²) in [5.74, 6) is -1.52. The third-order valence-electron chi connectivity index (χ3n) is 4.74. The molecule has 0 spiro atoms. The maximum atomic E-state index is 14.5. The normalized spacial score (nSPS) is 24.2. The van der Waals surface area contributed by atoms with E-state index in [4.69, 9.17) is 11.6 Å². The molecular weight excluding hydrogens is 370 g/mol. The number of sulfone groups is 1. The minimum absolute atomic E-state index is 0.0327. The summed E-state index contributed by atoms with van der Waals surface area (Å²) in [4.78, 5) is -0.0327. The molecule has 25 heavy (non-hydrogen) atoms. The Morgan fingerprint density at radius 3 is 2.44 bits per heavy atom. The Morgan fingerprint density at radius 1 is 1.12 bits per heavy atom. The summed E-state index contributed by atoms with van der Waals surface area (Å²) < 4.78 is 53.3. The lowest BCUT2D eigenvalue weighted by atomic mass is 9.81. The van der Waals surface area contributed by atoms with Crippen LogP contribution in [0.25, 0.3) is 0 Å². The molecule has 0 saturated heterocycles. The molecule has 0 radical (unpaired) electrons. The van der Waals surface area contributed by atoms with Crippen molar-refractivity contribution in [3.05, 3.63) is 64.7 Å². The molecule has 2 atom stereocenters. The highest BCUT2D eigenvalue weighted by atomic mass is 35.5. The molecule has 0 amide bonds. The van der Waals surface area contributed by atoms with Gasteiger partial charge in [-0.15, -0.1) is 0 Å². The largest absolute Gasteiger partial charge is 0.393 e. The summed E-state index contributed by atoms with van der Waals surface area (Å²) >= 11 is 5.82. The van der Waals surface area contributed by atoms with E-state index in [1.807, 2.05) is 0 Å². The number of aliphatic hydroxyl groups is 1. The molecule has 1 aliphatic rings. The van der Waals surface area contributed by atoms with Crippen LogP contribution in [0.1, 0.15) is 31.2 Å². The Bertz CT molecular complexity index is 884. The summed E-state index contributed by atoms with van der Waals surface area (Å²) in [6, 6.07) is 8.34. The molecule has 0 aromatic heterocycles. The fourth-order valence-electron chi connectivity index (χ4n) is 3.53. The van der Waals surface area contributed by atoms with E-state index < -0.39 is 32.3 Å². The SMILES string of the molecule is O=S(=O)(c1ccc(Cl)cc1)[C@@]1(c2cc(F)ccc2F)CCC[C@@H](O)C1. The summed E-state index contributed by atoms with van der Waals surface area (Å²) in [7, 11) is -4.09. The van der Waals surface area contributed by atoms with Crippen molar-refractivity contribution in [3.8, 4) is 0 Å². The maximum Gasteiger partial charge on any atom is 0.188 e. The molecule has 3 nitrogen and oxygen atoms in total. The van der Waals surface area contributed by atoms with Gasteiger partial charge in [0.2, 0.25) is 0 Å². The molecule has 2 aromatic carbocycles. The van der Waals surface area contributed by atoms with Gasteiger partial charge in [0, 0.05) is 10.6 Å². The van der Waals surface area contributed by atoms with Crippen molar-refractivity contribution in [3.63, 3.8) is 0 Å². The molecule has 3 rings (SSSR count). The smallest absolute Gasteiger partial charge is 0.188 e. The summed E-state index contributed by atoms with van der Waals surface area (Å²) in [6.45, 7) is 0. The van der Waals surface area contributed by atoms with Crippen LogP contribution in [0.3, 0.4) is 0 Å². The Balaban J connectivity index is 2.25. The van der Waals surface area contributed by atoms with Crippen LogP contribution in [-0.4, -0.2) is 19.6 Å². The Kier molecular flexibility index (Phi) is 4.88. The molecule has 0 unspecified atom stereocenters. The van der Waals surface area contributed by atoms with Crippen molar-refractivity contribution in [2.24, 2.45) is 0 Å². The molecular formula is C18H17ClF2O3S. The molecule has 134 valence electrons. The summed E-state index contributed by atoms with van der Waals surface area (Å²) in [5, 5.41) is 10.5. The summed E-state index contributed by atoms with van der Waals surface area (Å²) in [6.07, 6.45) is -0.162. The number of halogens is 3.